The molecule has 4 heteroatoms. The molecule has 86 valence electrons. The van der Waals surface area contributed by atoms with Gasteiger partial charge < -0.3 is 9.84 Å². The first-order chi connectivity index (χ1) is 8.16. The molecule has 0 aliphatic heterocycles. The van der Waals surface area contributed by atoms with E-state index in [1.807, 2.05) is 0 Å². The highest BCUT2D eigenvalue weighted by atomic mass is 16.5. The number of benzene rings is 1. The fourth-order valence-electron chi connectivity index (χ4n) is 1.48. The van der Waals surface area contributed by atoms with Gasteiger partial charge in [-0.1, -0.05) is 0 Å². The minimum atomic E-state index is -0.935. The average molecular weight is 229 g/mol. The van der Waals surface area contributed by atoms with Gasteiger partial charge in [0.25, 0.3) is 0 Å². The van der Waals surface area contributed by atoms with E-state index in [9.17, 15) is 4.79 Å². The van der Waals surface area contributed by atoms with Crippen molar-refractivity contribution in [3.63, 3.8) is 0 Å². The second-order valence-corrected chi connectivity index (χ2v) is 3.57. The van der Waals surface area contributed by atoms with Crippen LogP contribution in [0.5, 0.6) is 11.5 Å². The molecule has 2 rings (SSSR count). The molecule has 1 aromatic carbocycles. The van der Waals surface area contributed by atoms with E-state index in [-0.39, 0.29) is 5.56 Å². The van der Waals surface area contributed by atoms with Gasteiger partial charge in [0.2, 0.25) is 0 Å². The van der Waals surface area contributed by atoms with Crippen LogP contribution in [-0.4, -0.2) is 16.1 Å². The zero-order valence-electron chi connectivity index (χ0n) is 9.25. The third-order valence-corrected chi connectivity index (χ3v) is 2.30. The lowest BCUT2D eigenvalue weighted by atomic mass is 10.1. The second kappa shape index (κ2) is 4.65. The summed E-state index contributed by atoms with van der Waals surface area (Å²) in [6.45, 7) is 1.74. The fourth-order valence-corrected chi connectivity index (χ4v) is 1.48. The van der Waals surface area contributed by atoms with Crippen molar-refractivity contribution in [1.82, 2.24) is 4.98 Å². The van der Waals surface area contributed by atoms with Crippen LogP contribution in [-0.2, 0) is 0 Å². The molecule has 0 fully saturated rings. The zero-order valence-corrected chi connectivity index (χ0v) is 9.25. The van der Waals surface area contributed by atoms with Crippen LogP contribution in [0.2, 0.25) is 0 Å². The molecule has 0 saturated carbocycles. The predicted octanol–water partition coefficient (Wildman–Crippen LogP) is 2.88. The Labute approximate surface area is 98.5 Å². The maximum absolute atomic E-state index is 10.8. The summed E-state index contributed by atoms with van der Waals surface area (Å²) in [7, 11) is 0. The molecule has 0 aliphatic rings. The van der Waals surface area contributed by atoms with Crippen LogP contribution in [0.15, 0.2) is 42.7 Å². The van der Waals surface area contributed by atoms with Crippen LogP contribution in [0.3, 0.4) is 0 Å². The number of nitrogens with zero attached hydrogens (tertiary/aromatic N) is 1. The van der Waals surface area contributed by atoms with Crippen LogP contribution >= 0.6 is 0 Å². The van der Waals surface area contributed by atoms with Crippen molar-refractivity contribution in [2.75, 3.05) is 0 Å². The molecule has 0 saturated heterocycles. The van der Waals surface area contributed by atoms with Gasteiger partial charge in [0.1, 0.15) is 11.5 Å². The highest BCUT2D eigenvalue weighted by molar-refractivity contribution is 5.89. The molecule has 0 spiro atoms. The molecular formula is C13H11NO3. The topological polar surface area (TPSA) is 59.4 Å². The zero-order chi connectivity index (χ0) is 12.3. The highest BCUT2D eigenvalue weighted by Gasteiger charge is 2.07. The summed E-state index contributed by atoms with van der Waals surface area (Å²) in [4.78, 5) is 14.8. The summed E-state index contributed by atoms with van der Waals surface area (Å²) in [5.74, 6) is 0.283. The monoisotopic (exact) mass is 229 g/mol. The second-order valence-electron chi connectivity index (χ2n) is 3.57. The van der Waals surface area contributed by atoms with Gasteiger partial charge in [-0.3, -0.25) is 4.98 Å². The number of ether oxygens (including phenoxy) is 1. The quantitative estimate of drug-likeness (QED) is 0.879. The van der Waals surface area contributed by atoms with Crippen molar-refractivity contribution in [3.8, 4) is 11.5 Å². The maximum atomic E-state index is 10.8. The Balaban J connectivity index is 2.24. The number of aromatic nitrogens is 1. The number of carbonyl (C=O) groups is 1. The molecule has 1 N–H and O–H groups in total. The highest BCUT2D eigenvalue weighted by Crippen LogP contribution is 2.22. The third kappa shape index (κ3) is 2.60. The summed E-state index contributed by atoms with van der Waals surface area (Å²) in [6, 6.07) is 8.41. The summed E-state index contributed by atoms with van der Waals surface area (Å²) >= 11 is 0. The van der Waals surface area contributed by atoms with Crippen LogP contribution in [0, 0.1) is 6.92 Å². The number of hydrogen-bond donors (Lipinski definition) is 1. The van der Waals surface area contributed by atoms with Crippen molar-refractivity contribution < 1.29 is 14.6 Å². The number of carboxylic acids is 1. The molecule has 0 radical (unpaired) electrons. The molecular weight excluding hydrogens is 218 g/mol. The number of rotatable bonds is 3. The molecule has 0 aliphatic carbocycles. The SMILES string of the molecule is Cc1cc(Oc2cccnc2)ccc1C(=O)O. The van der Waals surface area contributed by atoms with Crippen molar-refractivity contribution in [2.24, 2.45) is 0 Å². The molecule has 17 heavy (non-hydrogen) atoms. The predicted molar refractivity (Wildman–Crippen MR) is 62.4 cm³/mol. The number of aromatic carboxylic acids is 1. The average Bonchev–Trinajstić information content (AvgIpc) is 2.30. The lowest BCUT2D eigenvalue weighted by Crippen LogP contribution is -1.99. The fraction of sp³-hybridized carbons (Fsp3) is 0.0769. The molecule has 0 unspecified atom stereocenters. The Morgan fingerprint density at radius 2 is 2.12 bits per heavy atom. The number of aryl methyl sites for hydroxylation is 1. The van der Waals surface area contributed by atoms with Gasteiger partial charge in [-0.05, 0) is 42.8 Å². The molecule has 4 nitrogen and oxygen atoms in total. The van der Waals surface area contributed by atoms with Crippen molar-refractivity contribution in [1.29, 1.82) is 0 Å². The first-order valence-corrected chi connectivity index (χ1v) is 5.08. The number of carboxylic acid groups (broad SMARTS) is 1. The first kappa shape index (κ1) is 11.1. The van der Waals surface area contributed by atoms with E-state index in [0.29, 0.717) is 17.1 Å². The van der Waals surface area contributed by atoms with E-state index < -0.39 is 5.97 Å². The summed E-state index contributed by atoms with van der Waals surface area (Å²) in [6.07, 6.45) is 3.26. The molecule has 0 atom stereocenters. The number of hydrogen-bond acceptors (Lipinski definition) is 3. The van der Waals surface area contributed by atoms with Crippen molar-refractivity contribution >= 4 is 5.97 Å². The Hall–Kier alpha value is -2.36. The van der Waals surface area contributed by atoms with Gasteiger partial charge in [0.05, 0.1) is 11.8 Å². The van der Waals surface area contributed by atoms with Gasteiger partial charge >= 0.3 is 5.97 Å². The van der Waals surface area contributed by atoms with Crippen LogP contribution < -0.4 is 4.74 Å². The van der Waals surface area contributed by atoms with E-state index >= 15 is 0 Å². The van der Waals surface area contributed by atoms with E-state index in [1.54, 1.807) is 43.6 Å². The summed E-state index contributed by atoms with van der Waals surface area (Å²) in [5, 5.41) is 8.90. The van der Waals surface area contributed by atoms with Crippen molar-refractivity contribution in [3.05, 3.63) is 53.9 Å². The molecule has 1 heterocycles. The van der Waals surface area contributed by atoms with Gasteiger partial charge in [-0.15, -0.1) is 0 Å². The van der Waals surface area contributed by atoms with E-state index in [0.717, 1.165) is 0 Å². The van der Waals surface area contributed by atoms with Crippen molar-refractivity contribution in [2.45, 2.75) is 6.92 Å². The van der Waals surface area contributed by atoms with Gasteiger partial charge in [-0.25, -0.2) is 4.79 Å². The summed E-state index contributed by atoms with van der Waals surface area (Å²) < 4.78 is 5.54. The van der Waals surface area contributed by atoms with Gasteiger partial charge in [0, 0.05) is 6.20 Å². The number of pyridine rings is 1. The first-order valence-electron chi connectivity index (χ1n) is 5.08. The molecule has 0 amide bonds. The van der Waals surface area contributed by atoms with E-state index in [2.05, 4.69) is 4.98 Å². The normalized spacial score (nSPS) is 9.94. The minimum absolute atomic E-state index is 0.281. The molecule has 0 bridgehead atoms. The van der Waals surface area contributed by atoms with Crippen LogP contribution in [0.25, 0.3) is 0 Å². The van der Waals surface area contributed by atoms with Crippen LogP contribution in [0.1, 0.15) is 15.9 Å². The maximum Gasteiger partial charge on any atom is 0.335 e. The lowest BCUT2D eigenvalue weighted by molar-refractivity contribution is 0.0696. The van der Waals surface area contributed by atoms with Gasteiger partial charge in [0.15, 0.2) is 0 Å². The largest absolute Gasteiger partial charge is 0.478 e. The van der Waals surface area contributed by atoms with E-state index in [1.165, 1.54) is 6.07 Å². The summed E-state index contributed by atoms with van der Waals surface area (Å²) in [5.41, 5.74) is 0.947. The van der Waals surface area contributed by atoms with Gasteiger partial charge in [-0.2, -0.15) is 0 Å². The molecule has 2 aromatic rings. The van der Waals surface area contributed by atoms with E-state index in [4.69, 9.17) is 9.84 Å². The minimum Gasteiger partial charge on any atom is -0.478 e. The lowest BCUT2D eigenvalue weighted by Gasteiger charge is -2.07. The van der Waals surface area contributed by atoms with Crippen LogP contribution in [0.4, 0.5) is 0 Å². The Kier molecular flexibility index (Phi) is 3.05. The smallest absolute Gasteiger partial charge is 0.335 e. The molecule has 1 aromatic heterocycles. The Bertz CT molecular complexity index is 538. The standard InChI is InChI=1S/C13H11NO3/c1-9-7-10(4-5-12(9)13(15)16)17-11-3-2-6-14-8-11/h2-8H,1H3,(H,15,16). The Morgan fingerprint density at radius 1 is 1.29 bits per heavy atom. The Morgan fingerprint density at radius 3 is 2.71 bits per heavy atom. The third-order valence-electron chi connectivity index (χ3n) is 2.30.